The number of benzene rings is 8. The summed E-state index contributed by atoms with van der Waals surface area (Å²) in [7, 11) is 0. The molecule has 0 bridgehead atoms. The van der Waals surface area contributed by atoms with Crippen LogP contribution < -0.4 is 4.90 Å². The molecular formula is C46H29NO2. The molecule has 230 valence electrons. The highest BCUT2D eigenvalue weighted by molar-refractivity contribution is 6.13. The quantitative estimate of drug-likeness (QED) is 0.190. The van der Waals surface area contributed by atoms with Gasteiger partial charge < -0.3 is 13.7 Å². The van der Waals surface area contributed by atoms with Gasteiger partial charge in [-0.2, -0.15) is 0 Å². The van der Waals surface area contributed by atoms with Crippen molar-refractivity contribution in [3.8, 4) is 22.3 Å². The molecule has 0 atom stereocenters. The van der Waals surface area contributed by atoms with E-state index in [1.54, 1.807) is 0 Å². The number of furan rings is 2. The Morgan fingerprint density at radius 2 is 0.918 bits per heavy atom. The van der Waals surface area contributed by atoms with Crippen molar-refractivity contribution < 1.29 is 8.83 Å². The Morgan fingerprint density at radius 1 is 0.347 bits per heavy atom. The maximum Gasteiger partial charge on any atom is 0.137 e. The normalized spacial score (nSPS) is 11.7. The summed E-state index contributed by atoms with van der Waals surface area (Å²) in [6, 6.07) is 62.2. The van der Waals surface area contributed by atoms with E-state index in [4.69, 9.17) is 8.83 Å². The van der Waals surface area contributed by atoms with Gasteiger partial charge >= 0.3 is 0 Å². The zero-order valence-corrected chi connectivity index (χ0v) is 26.5. The monoisotopic (exact) mass is 627 g/mol. The van der Waals surface area contributed by atoms with Crippen molar-refractivity contribution in [3.63, 3.8) is 0 Å². The van der Waals surface area contributed by atoms with Gasteiger partial charge in [0.15, 0.2) is 0 Å². The fourth-order valence-corrected chi connectivity index (χ4v) is 7.39. The van der Waals surface area contributed by atoms with Crippen molar-refractivity contribution in [1.29, 1.82) is 0 Å². The predicted molar refractivity (Wildman–Crippen MR) is 204 cm³/mol. The van der Waals surface area contributed by atoms with Crippen molar-refractivity contribution in [2.24, 2.45) is 0 Å². The summed E-state index contributed by atoms with van der Waals surface area (Å²) in [5, 5.41) is 6.89. The fraction of sp³-hybridized carbons (Fsp3) is 0. The van der Waals surface area contributed by atoms with Crippen LogP contribution in [0.3, 0.4) is 0 Å². The van der Waals surface area contributed by atoms with Gasteiger partial charge in [-0.1, -0.05) is 115 Å². The molecule has 10 rings (SSSR count). The van der Waals surface area contributed by atoms with E-state index < -0.39 is 0 Å². The molecule has 0 amide bonds. The number of hydrogen-bond acceptors (Lipinski definition) is 3. The fourth-order valence-electron chi connectivity index (χ4n) is 7.39. The Morgan fingerprint density at radius 3 is 1.78 bits per heavy atom. The molecule has 0 N–H and O–H groups in total. The predicted octanol–water partition coefficient (Wildman–Crippen LogP) is 13.4. The van der Waals surface area contributed by atoms with Gasteiger partial charge in [0.05, 0.1) is 11.1 Å². The third-order valence-corrected chi connectivity index (χ3v) is 9.64. The molecule has 0 saturated heterocycles. The SMILES string of the molecule is c1cc(-c2ccc3oc4ccccc4c3c2)cc(N(c2cccc(-c3cccc4ccccc34)c2)c2cccc3oc4ccccc4c23)c1. The summed E-state index contributed by atoms with van der Waals surface area (Å²) in [5.74, 6) is 0. The molecule has 0 aliphatic rings. The third kappa shape index (κ3) is 4.51. The Bertz CT molecular complexity index is 2850. The molecule has 0 fully saturated rings. The average molecular weight is 628 g/mol. The van der Waals surface area contributed by atoms with Gasteiger partial charge in [-0.15, -0.1) is 0 Å². The number of nitrogens with zero attached hydrogens (tertiary/aromatic N) is 1. The molecule has 0 saturated carbocycles. The number of hydrogen-bond donors (Lipinski definition) is 0. The minimum Gasteiger partial charge on any atom is -0.456 e. The lowest BCUT2D eigenvalue weighted by Crippen LogP contribution is -2.10. The van der Waals surface area contributed by atoms with Gasteiger partial charge in [0.1, 0.15) is 22.3 Å². The van der Waals surface area contributed by atoms with E-state index >= 15 is 0 Å². The second-order valence-electron chi connectivity index (χ2n) is 12.5. The molecule has 0 aliphatic heterocycles. The highest BCUT2D eigenvalue weighted by Gasteiger charge is 2.20. The van der Waals surface area contributed by atoms with Crippen molar-refractivity contribution in [1.82, 2.24) is 0 Å². The Kier molecular flexibility index (Phi) is 6.18. The Labute approximate surface area is 282 Å². The van der Waals surface area contributed by atoms with Crippen LogP contribution in [-0.4, -0.2) is 0 Å². The molecule has 3 heteroatoms. The number of rotatable bonds is 5. The molecular weight excluding hydrogens is 599 g/mol. The van der Waals surface area contributed by atoms with Gasteiger partial charge in [0.25, 0.3) is 0 Å². The van der Waals surface area contributed by atoms with E-state index in [9.17, 15) is 0 Å². The zero-order valence-electron chi connectivity index (χ0n) is 26.5. The summed E-state index contributed by atoms with van der Waals surface area (Å²) in [6.07, 6.45) is 0. The van der Waals surface area contributed by atoms with Crippen LogP contribution in [0.5, 0.6) is 0 Å². The lowest BCUT2D eigenvalue weighted by atomic mass is 9.97. The zero-order chi connectivity index (χ0) is 32.3. The molecule has 49 heavy (non-hydrogen) atoms. The maximum atomic E-state index is 6.38. The third-order valence-electron chi connectivity index (χ3n) is 9.64. The van der Waals surface area contributed by atoms with Crippen LogP contribution in [0.25, 0.3) is 76.9 Å². The topological polar surface area (TPSA) is 29.5 Å². The number of para-hydroxylation sites is 2. The lowest BCUT2D eigenvalue weighted by molar-refractivity contribution is 0.668. The number of anilines is 3. The van der Waals surface area contributed by atoms with Crippen molar-refractivity contribution in [2.75, 3.05) is 4.90 Å². The van der Waals surface area contributed by atoms with Crippen molar-refractivity contribution >= 4 is 71.7 Å². The molecule has 2 heterocycles. The van der Waals surface area contributed by atoms with Crippen LogP contribution in [0.15, 0.2) is 185 Å². The van der Waals surface area contributed by atoms with Gasteiger partial charge in [-0.3, -0.25) is 0 Å². The largest absolute Gasteiger partial charge is 0.456 e. The standard InChI is InChI=1S/C46H29NO2/c1-2-17-36-30(11-1)12-9-20-37(36)33-14-8-16-35(28-33)47(41-21-10-24-45-46(41)39-19-4-6-23-43(39)49-45)34-15-7-13-31(27-34)32-25-26-44-40(29-32)38-18-3-5-22-42(38)48-44/h1-29H. The summed E-state index contributed by atoms with van der Waals surface area (Å²) >= 11 is 0. The molecule has 2 aromatic heterocycles. The van der Waals surface area contributed by atoms with Crippen LogP contribution in [0.4, 0.5) is 17.1 Å². The second-order valence-corrected chi connectivity index (χ2v) is 12.5. The van der Waals surface area contributed by atoms with Crippen LogP contribution in [0.2, 0.25) is 0 Å². The molecule has 8 aromatic carbocycles. The molecule has 3 nitrogen and oxygen atoms in total. The highest BCUT2D eigenvalue weighted by atomic mass is 16.3. The number of fused-ring (bicyclic) bond motifs is 7. The molecule has 0 aliphatic carbocycles. The van der Waals surface area contributed by atoms with E-state index in [-0.39, 0.29) is 0 Å². The van der Waals surface area contributed by atoms with Gasteiger partial charge in [0.2, 0.25) is 0 Å². The molecule has 0 spiro atoms. The molecule has 0 radical (unpaired) electrons. The van der Waals surface area contributed by atoms with Gasteiger partial charge in [-0.25, -0.2) is 0 Å². The Balaban J connectivity index is 1.19. The average Bonchev–Trinajstić information content (AvgIpc) is 3.73. The lowest BCUT2D eigenvalue weighted by Gasteiger charge is -2.27. The van der Waals surface area contributed by atoms with Gasteiger partial charge in [0, 0.05) is 27.5 Å². The summed E-state index contributed by atoms with van der Waals surface area (Å²) in [6.45, 7) is 0. The van der Waals surface area contributed by atoms with Crippen LogP contribution in [-0.2, 0) is 0 Å². The highest BCUT2D eigenvalue weighted by Crippen LogP contribution is 2.45. The first-order chi connectivity index (χ1) is 24.3. The van der Waals surface area contributed by atoms with Crippen LogP contribution in [0, 0.1) is 0 Å². The van der Waals surface area contributed by atoms with E-state index in [0.717, 1.165) is 77.6 Å². The first kappa shape index (κ1) is 27.5. The van der Waals surface area contributed by atoms with Crippen molar-refractivity contribution in [2.45, 2.75) is 0 Å². The van der Waals surface area contributed by atoms with Gasteiger partial charge in [-0.05, 0) is 93.7 Å². The smallest absolute Gasteiger partial charge is 0.137 e. The van der Waals surface area contributed by atoms with E-state index in [2.05, 4.69) is 157 Å². The molecule has 0 unspecified atom stereocenters. The maximum absolute atomic E-state index is 6.38. The van der Waals surface area contributed by atoms with E-state index in [1.165, 1.54) is 16.3 Å². The molecule has 10 aromatic rings. The second kappa shape index (κ2) is 11.0. The summed E-state index contributed by atoms with van der Waals surface area (Å²) in [5.41, 5.74) is 11.4. The van der Waals surface area contributed by atoms with Crippen LogP contribution in [0.1, 0.15) is 0 Å². The Hall–Kier alpha value is -6.58. The van der Waals surface area contributed by atoms with E-state index in [1.807, 2.05) is 24.3 Å². The van der Waals surface area contributed by atoms with Crippen LogP contribution >= 0.6 is 0 Å². The summed E-state index contributed by atoms with van der Waals surface area (Å²) < 4.78 is 12.5. The minimum atomic E-state index is 0.863. The van der Waals surface area contributed by atoms with E-state index in [0.29, 0.717) is 0 Å². The first-order valence-electron chi connectivity index (χ1n) is 16.6. The first-order valence-corrected chi connectivity index (χ1v) is 16.6. The van der Waals surface area contributed by atoms with Crippen molar-refractivity contribution in [3.05, 3.63) is 176 Å². The minimum absolute atomic E-state index is 0.863. The summed E-state index contributed by atoms with van der Waals surface area (Å²) in [4.78, 5) is 2.37.